The normalized spacial score (nSPS) is 17.3. The summed E-state index contributed by atoms with van der Waals surface area (Å²) in [6.07, 6.45) is 2.30. The molecule has 1 aliphatic rings. The van der Waals surface area contributed by atoms with Crippen molar-refractivity contribution >= 4 is 37.5 Å². The van der Waals surface area contributed by atoms with Gasteiger partial charge >= 0.3 is 0 Å². The van der Waals surface area contributed by atoms with E-state index in [0.29, 0.717) is 6.04 Å². The zero-order chi connectivity index (χ0) is 13.4. The summed E-state index contributed by atoms with van der Waals surface area (Å²) in [5.41, 5.74) is 5.36. The topological polar surface area (TPSA) is 12.0 Å². The van der Waals surface area contributed by atoms with Crippen molar-refractivity contribution < 1.29 is 0 Å². The molecule has 0 radical (unpaired) electrons. The number of halogens is 2. The van der Waals surface area contributed by atoms with E-state index in [4.69, 9.17) is 0 Å². The predicted molar refractivity (Wildman–Crippen MR) is 87.7 cm³/mol. The van der Waals surface area contributed by atoms with Crippen LogP contribution in [0.25, 0.3) is 0 Å². The molecule has 0 aromatic heterocycles. The molecule has 2 aromatic rings. The summed E-state index contributed by atoms with van der Waals surface area (Å²) in [5, 5.41) is 3.68. The van der Waals surface area contributed by atoms with Gasteiger partial charge in [0, 0.05) is 14.6 Å². The fourth-order valence-corrected chi connectivity index (χ4v) is 3.66. The van der Waals surface area contributed by atoms with Gasteiger partial charge in [-0.05, 0) is 54.7 Å². The Morgan fingerprint density at radius 3 is 2.63 bits per heavy atom. The van der Waals surface area contributed by atoms with Gasteiger partial charge in [0.25, 0.3) is 0 Å². The number of nitrogens with one attached hydrogen (secondary N) is 1. The quantitative estimate of drug-likeness (QED) is 0.712. The second-order valence-electron chi connectivity index (χ2n) is 4.96. The molecule has 19 heavy (non-hydrogen) atoms. The SMILES string of the molecule is Cc1c(Br)cccc1NC1CCc2c(Br)cccc21. The van der Waals surface area contributed by atoms with Gasteiger partial charge in [-0.1, -0.05) is 50.1 Å². The summed E-state index contributed by atoms with van der Waals surface area (Å²) < 4.78 is 2.39. The van der Waals surface area contributed by atoms with Crippen molar-refractivity contribution in [3.63, 3.8) is 0 Å². The van der Waals surface area contributed by atoms with Crippen LogP contribution in [0.1, 0.15) is 29.2 Å². The smallest absolute Gasteiger partial charge is 0.0520 e. The van der Waals surface area contributed by atoms with Crippen LogP contribution in [0.3, 0.4) is 0 Å². The molecule has 0 saturated carbocycles. The van der Waals surface area contributed by atoms with Gasteiger partial charge in [-0.25, -0.2) is 0 Å². The van der Waals surface area contributed by atoms with Gasteiger partial charge in [-0.15, -0.1) is 0 Å². The minimum atomic E-state index is 0.417. The van der Waals surface area contributed by atoms with Crippen molar-refractivity contribution in [2.75, 3.05) is 5.32 Å². The van der Waals surface area contributed by atoms with Gasteiger partial charge in [-0.3, -0.25) is 0 Å². The molecular formula is C16H15Br2N. The molecule has 0 spiro atoms. The van der Waals surface area contributed by atoms with Crippen LogP contribution in [0.15, 0.2) is 45.3 Å². The summed E-state index contributed by atoms with van der Waals surface area (Å²) in [6.45, 7) is 2.14. The average Bonchev–Trinajstić information content (AvgIpc) is 2.80. The first-order valence-corrected chi connectivity index (χ1v) is 8.04. The first-order chi connectivity index (χ1) is 9.16. The van der Waals surface area contributed by atoms with Gasteiger partial charge in [0.05, 0.1) is 6.04 Å². The van der Waals surface area contributed by atoms with Crippen LogP contribution in [0.4, 0.5) is 5.69 Å². The van der Waals surface area contributed by atoms with Gasteiger partial charge in [-0.2, -0.15) is 0 Å². The van der Waals surface area contributed by atoms with Gasteiger partial charge in [0.2, 0.25) is 0 Å². The van der Waals surface area contributed by atoms with E-state index in [9.17, 15) is 0 Å². The van der Waals surface area contributed by atoms with E-state index in [1.54, 1.807) is 0 Å². The molecule has 1 nitrogen and oxygen atoms in total. The fraction of sp³-hybridized carbons (Fsp3) is 0.250. The highest BCUT2D eigenvalue weighted by atomic mass is 79.9. The Labute approximate surface area is 130 Å². The standard InChI is InChI=1S/C16H15Br2N/c1-10-13(17)5-3-7-15(10)19-16-9-8-11-12(16)4-2-6-14(11)18/h2-7,16,19H,8-9H2,1H3. The van der Waals surface area contributed by atoms with Crippen molar-refractivity contribution in [1.82, 2.24) is 0 Å². The molecule has 0 amide bonds. The summed E-state index contributed by atoms with van der Waals surface area (Å²) >= 11 is 7.24. The van der Waals surface area contributed by atoms with Crippen LogP contribution in [-0.4, -0.2) is 0 Å². The fourth-order valence-electron chi connectivity index (χ4n) is 2.71. The number of rotatable bonds is 2. The van der Waals surface area contributed by atoms with E-state index in [1.165, 1.54) is 26.9 Å². The highest BCUT2D eigenvalue weighted by molar-refractivity contribution is 9.10. The Kier molecular flexibility index (Phi) is 3.68. The lowest BCUT2D eigenvalue weighted by Crippen LogP contribution is -2.08. The van der Waals surface area contributed by atoms with Gasteiger partial charge < -0.3 is 5.32 Å². The van der Waals surface area contributed by atoms with E-state index in [0.717, 1.165) is 17.3 Å². The lowest BCUT2D eigenvalue weighted by atomic mass is 10.1. The van der Waals surface area contributed by atoms with Crippen LogP contribution < -0.4 is 5.32 Å². The molecule has 1 atom stereocenters. The molecule has 1 aliphatic carbocycles. The molecule has 0 heterocycles. The number of benzene rings is 2. The summed E-state index contributed by atoms with van der Waals surface area (Å²) in [7, 11) is 0. The average molecular weight is 381 g/mol. The lowest BCUT2D eigenvalue weighted by molar-refractivity contribution is 0.761. The molecule has 1 unspecified atom stereocenters. The predicted octanol–water partition coefficient (Wildman–Crippen LogP) is 5.62. The maximum absolute atomic E-state index is 3.68. The van der Waals surface area contributed by atoms with Crippen molar-refractivity contribution in [2.24, 2.45) is 0 Å². The second kappa shape index (κ2) is 5.29. The molecule has 2 aromatic carbocycles. The maximum atomic E-state index is 3.68. The lowest BCUT2D eigenvalue weighted by Gasteiger charge is -2.18. The molecule has 3 heteroatoms. The van der Waals surface area contributed by atoms with Gasteiger partial charge in [0.15, 0.2) is 0 Å². The number of fused-ring (bicyclic) bond motifs is 1. The van der Waals surface area contributed by atoms with E-state index < -0.39 is 0 Å². The van der Waals surface area contributed by atoms with E-state index >= 15 is 0 Å². The van der Waals surface area contributed by atoms with Gasteiger partial charge in [0.1, 0.15) is 0 Å². The molecule has 3 rings (SSSR count). The third-order valence-corrected chi connectivity index (χ3v) is 5.41. The molecule has 0 saturated heterocycles. The van der Waals surface area contributed by atoms with Crippen LogP contribution in [0, 0.1) is 6.92 Å². The van der Waals surface area contributed by atoms with Crippen LogP contribution >= 0.6 is 31.9 Å². The zero-order valence-electron chi connectivity index (χ0n) is 10.7. The van der Waals surface area contributed by atoms with Crippen molar-refractivity contribution in [2.45, 2.75) is 25.8 Å². The Hall–Kier alpha value is -0.800. The Morgan fingerprint density at radius 1 is 1.05 bits per heavy atom. The van der Waals surface area contributed by atoms with E-state index in [2.05, 4.69) is 80.5 Å². The molecule has 0 aliphatic heterocycles. The van der Waals surface area contributed by atoms with Crippen molar-refractivity contribution in [1.29, 1.82) is 0 Å². The minimum Gasteiger partial charge on any atom is -0.378 e. The van der Waals surface area contributed by atoms with Crippen molar-refractivity contribution in [3.8, 4) is 0 Å². The molecule has 0 bridgehead atoms. The Bertz CT molecular complexity index is 622. The Morgan fingerprint density at radius 2 is 1.79 bits per heavy atom. The second-order valence-corrected chi connectivity index (χ2v) is 6.66. The van der Waals surface area contributed by atoms with E-state index in [-0.39, 0.29) is 0 Å². The summed E-state index contributed by atoms with van der Waals surface area (Å²) in [4.78, 5) is 0. The Balaban J connectivity index is 1.91. The minimum absolute atomic E-state index is 0.417. The molecule has 98 valence electrons. The third kappa shape index (κ3) is 2.46. The molecule has 0 fully saturated rings. The largest absolute Gasteiger partial charge is 0.378 e. The maximum Gasteiger partial charge on any atom is 0.0520 e. The molecule has 1 N–H and O–H groups in total. The first-order valence-electron chi connectivity index (χ1n) is 6.46. The summed E-state index contributed by atoms with van der Waals surface area (Å²) in [6, 6.07) is 13.2. The van der Waals surface area contributed by atoms with Crippen LogP contribution in [-0.2, 0) is 6.42 Å². The van der Waals surface area contributed by atoms with E-state index in [1.807, 2.05) is 0 Å². The van der Waals surface area contributed by atoms with Crippen LogP contribution in [0.2, 0.25) is 0 Å². The highest BCUT2D eigenvalue weighted by Gasteiger charge is 2.24. The number of hydrogen-bond acceptors (Lipinski definition) is 1. The highest BCUT2D eigenvalue weighted by Crippen LogP contribution is 2.38. The molecular weight excluding hydrogens is 366 g/mol. The zero-order valence-corrected chi connectivity index (χ0v) is 13.9. The first kappa shape index (κ1) is 13.2. The van der Waals surface area contributed by atoms with Crippen LogP contribution in [0.5, 0.6) is 0 Å². The monoisotopic (exact) mass is 379 g/mol. The van der Waals surface area contributed by atoms with Crippen molar-refractivity contribution in [3.05, 3.63) is 62.0 Å². The third-order valence-electron chi connectivity index (χ3n) is 3.81. The summed E-state index contributed by atoms with van der Waals surface area (Å²) in [5.74, 6) is 0. The number of anilines is 1. The number of hydrogen-bond donors (Lipinski definition) is 1.